The van der Waals surface area contributed by atoms with E-state index in [9.17, 15) is 18.0 Å². The third-order valence-corrected chi connectivity index (χ3v) is 5.63. The lowest BCUT2D eigenvalue weighted by Crippen LogP contribution is -2.54. The molecule has 0 N–H and O–H groups in total. The van der Waals surface area contributed by atoms with Gasteiger partial charge in [-0.2, -0.15) is 18.3 Å². The highest BCUT2D eigenvalue weighted by Crippen LogP contribution is 2.36. The largest absolute Gasteiger partial charge is 0.436 e. The Hall–Kier alpha value is -1.77. The van der Waals surface area contributed by atoms with Crippen LogP contribution >= 0.6 is 23.2 Å². The van der Waals surface area contributed by atoms with E-state index in [1.165, 1.54) is 6.92 Å². The summed E-state index contributed by atoms with van der Waals surface area (Å²) < 4.78 is 40.4. The van der Waals surface area contributed by atoms with Crippen LogP contribution in [0, 0.1) is 6.92 Å². The summed E-state index contributed by atoms with van der Waals surface area (Å²) >= 11 is 11.8. The smallest absolute Gasteiger partial charge is 0.369 e. The first kappa shape index (κ1) is 21.0. The average Bonchev–Trinajstić information content (AvgIpc) is 2.93. The van der Waals surface area contributed by atoms with Gasteiger partial charge in [0.25, 0.3) is 0 Å². The number of carbonyl (C=O) groups is 1. The minimum Gasteiger partial charge on any atom is -0.369 e. The number of alkyl halides is 3. The maximum Gasteiger partial charge on any atom is 0.436 e. The number of benzene rings is 1. The molecule has 1 unspecified atom stereocenters. The number of anilines is 1. The van der Waals surface area contributed by atoms with Crippen molar-refractivity contribution in [2.45, 2.75) is 32.2 Å². The van der Waals surface area contributed by atoms with Gasteiger partial charge in [-0.1, -0.05) is 23.2 Å². The third-order valence-electron chi connectivity index (χ3n) is 4.93. The second kappa shape index (κ2) is 7.93. The number of piperazine rings is 1. The molecule has 152 valence electrons. The van der Waals surface area contributed by atoms with Gasteiger partial charge < -0.3 is 4.90 Å². The summed E-state index contributed by atoms with van der Waals surface area (Å²) in [6.45, 7) is 5.04. The van der Waals surface area contributed by atoms with Crippen LogP contribution in [0.2, 0.25) is 10.0 Å². The van der Waals surface area contributed by atoms with Gasteiger partial charge in [-0.05, 0) is 38.1 Å². The molecule has 1 aromatic carbocycles. The molecular formula is C18H19Cl2F3N4O. The molecule has 5 nitrogen and oxygen atoms in total. The molecule has 0 bridgehead atoms. The van der Waals surface area contributed by atoms with Crippen molar-refractivity contribution in [3.63, 3.8) is 0 Å². The van der Waals surface area contributed by atoms with Gasteiger partial charge in [0.05, 0.1) is 10.7 Å². The molecule has 0 aliphatic carbocycles. The van der Waals surface area contributed by atoms with Crippen LogP contribution in [0.4, 0.5) is 18.9 Å². The zero-order chi connectivity index (χ0) is 20.6. The molecule has 1 saturated heterocycles. The molecule has 28 heavy (non-hydrogen) atoms. The van der Waals surface area contributed by atoms with E-state index in [1.54, 1.807) is 12.1 Å². The number of halogens is 5. The van der Waals surface area contributed by atoms with Crippen LogP contribution in [0.5, 0.6) is 0 Å². The standard InChI is InChI=1S/C18H19Cl2F3N4O/c1-11-9-25(14-5-3-13(19)4-6-14)7-8-26(11)15(10-28)27-12(2)16(20)17(24-27)18(21,22)23/h3-6,10-11,15H,7-9H2,1-2H3/t11-,15?/m0/s1. The summed E-state index contributed by atoms with van der Waals surface area (Å²) in [5.41, 5.74) is -0.0689. The van der Waals surface area contributed by atoms with Crippen molar-refractivity contribution in [1.82, 2.24) is 14.7 Å². The Balaban J connectivity index is 1.83. The van der Waals surface area contributed by atoms with Gasteiger partial charge in [-0.3, -0.25) is 9.69 Å². The van der Waals surface area contributed by atoms with E-state index < -0.39 is 23.1 Å². The average molecular weight is 435 g/mol. The zero-order valence-corrected chi connectivity index (χ0v) is 16.8. The first-order valence-corrected chi connectivity index (χ1v) is 9.42. The molecule has 0 saturated carbocycles. The quantitative estimate of drug-likeness (QED) is 0.667. The van der Waals surface area contributed by atoms with Crippen LogP contribution in [0.15, 0.2) is 24.3 Å². The van der Waals surface area contributed by atoms with E-state index in [4.69, 9.17) is 23.2 Å². The maximum absolute atomic E-state index is 13.1. The molecular weight excluding hydrogens is 416 g/mol. The summed E-state index contributed by atoms with van der Waals surface area (Å²) in [5, 5.41) is 3.77. The van der Waals surface area contributed by atoms with Gasteiger partial charge in [0, 0.05) is 36.4 Å². The van der Waals surface area contributed by atoms with E-state index in [-0.39, 0.29) is 11.7 Å². The molecule has 2 aromatic rings. The van der Waals surface area contributed by atoms with Crippen molar-refractivity contribution in [2.75, 3.05) is 24.5 Å². The molecule has 10 heteroatoms. The molecule has 2 atom stereocenters. The molecule has 1 aliphatic heterocycles. The Bertz CT molecular complexity index is 854. The van der Waals surface area contributed by atoms with Crippen LogP contribution in [0.3, 0.4) is 0 Å². The number of rotatable bonds is 4. The zero-order valence-electron chi connectivity index (χ0n) is 15.2. The van der Waals surface area contributed by atoms with E-state index in [1.807, 2.05) is 24.0 Å². The number of aldehydes is 1. The van der Waals surface area contributed by atoms with E-state index >= 15 is 0 Å². The predicted octanol–water partition coefficient (Wildman–Crippen LogP) is 4.43. The topological polar surface area (TPSA) is 41.4 Å². The molecule has 1 aromatic heterocycles. The predicted molar refractivity (Wildman–Crippen MR) is 102 cm³/mol. The Morgan fingerprint density at radius 3 is 2.36 bits per heavy atom. The number of nitrogens with zero attached hydrogens (tertiary/aromatic N) is 4. The molecule has 1 fully saturated rings. The van der Waals surface area contributed by atoms with Crippen molar-refractivity contribution in [2.24, 2.45) is 0 Å². The third kappa shape index (κ3) is 3.99. The van der Waals surface area contributed by atoms with Crippen LogP contribution < -0.4 is 4.90 Å². The summed E-state index contributed by atoms with van der Waals surface area (Å²) in [6, 6.07) is 7.33. The lowest BCUT2D eigenvalue weighted by atomic mass is 10.1. The minimum atomic E-state index is -4.68. The summed E-state index contributed by atoms with van der Waals surface area (Å²) in [4.78, 5) is 15.8. The van der Waals surface area contributed by atoms with Crippen molar-refractivity contribution in [3.05, 3.63) is 45.7 Å². The van der Waals surface area contributed by atoms with Gasteiger partial charge in [-0.25, -0.2) is 4.68 Å². The van der Waals surface area contributed by atoms with Gasteiger partial charge in [-0.15, -0.1) is 0 Å². The summed E-state index contributed by atoms with van der Waals surface area (Å²) in [7, 11) is 0. The fraction of sp³-hybridized carbons (Fsp3) is 0.444. The molecule has 0 radical (unpaired) electrons. The summed E-state index contributed by atoms with van der Waals surface area (Å²) in [5.74, 6) is 0. The Morgan fingerprint density at radius 2 is 1.86 bits per heavy atom. The van der Waals surface area contributed by atoms with E-state index in [2.05, 4.69) is 10.00 Å². The van der Waals surface area contributed by atoms with Crippen LogP contribution in [-0.2, 0) is 11.0 Å². The molecule has 3 rings (SSSR count). The second-order valence-electron chi connectivity index (χ2n) is 6.75. The monoisotopic (exact) mass is 434 g/mol. The first-order valence-electron chi connectivity index (χ1n) is 8.67. The lowest BCUT2D eigenvalue weighted by Gasteiger charge is -2.43. The van der Waals surface area contributed by atoms with Crippen molar-refractivity contribution in [3.8, 4) is 0 Å². The lowest BCUT2D eigenvalue weighted by molar-refractivity contribution is -0.142. The highest BCUT2D eigenvalue weighted by Gasteiger charge is 2.40. The van der Waals surface area contributed by atoms with Gasteiger partial charge in [0.15, 0.2) is 18.1 Å². The summed E-state index contributed by atoms with van der Waals surface area (Å²) in [6.07, 6.45) is -5.04. The molecule has 2 heterocycles. The normalized spacial score (nSPS) is 19.7. The van der Waals surface area contributed by atoms with Crippen LogP contribution in [0.1, 0.15) is 24.5 Å². The fourth-order valence-electron chi connectivity index (χ4n) is 3.46. The number of carbonyl (C=O) groups excluding carboxylic acids is 1. The molecule has 0 spiro atoms. The maximum atomic E-state index is 13.1. The van der Waals surface area contributed by atoms with Gasteiger partial charge in [0.1, 0.15) is 0 Å². The van der Waals surface area contributed by atoms with E-state index in [0.717, 1.165) is 10.4 Å². The Kier molecular flexibility index (Phi) is 5.93. The molecule has 0 amide bonds. The van der Waals surface area contributed by atoms with Crippen molar-refractivity contribution >= 4 is 35.2 Å². The highest BCUT2D eigenvalue weighted by molar-refractivity contribution is 6.32. The molecule has 1 aliphatic rings. The Labute approximate surface area is 170 Å². The fourth-order valence-corrected chi connectivity index (χ4v) is 3.82. The first-order chi connectivity index (χ1) is 13.1. The van der Waals surface area contributed by atoms with Gasteiger partial charge in [0.2, 0.25) is 0 Å². The van der Waals surface area contributed by atoms with Crippen molar-refractivity contribution in [1.29, 1.82) is 0 Å². The van der Waals surface area contributed by atoms with E-state index in [0.29, 0.717) is 30.9 Å². The minimum absolute atomic E-state index is 0.101. The van der Waals surface area contributed by atoms with Gasteiger partial charge >= 0.3 is 6.18 Å². The SMILES string of the molecule is Cc1c(Cl)c(C(F)(F)F)nn1C(C=O)N1CCN(c2ccc(Cl)cc2)C[C@@H]1C. The number of hydrogen-bond acceptors (Lipinski definition) is 4. The second-order valence-corrected chi connectivity index (χ2v) is 7.56. The van der Waals surface area contributed by atoms with Crippen LogP contribution in [-0.4, -0.2) is 46.6 Å². The number of hydrogen-bond donors (Lipinski definition) is 0. The highest BCUT2D eigenvalue weighted by atomic mass is 35.5. The van der Waals surface area contributed by atoms with Crippen LogP contribution in [0.25, 0.3) is 0 Å². The van der Waals surface area contributed by atoms with Crippen molar-refractivity contribution < 1.29 is 18.0 Å². The Morgan fingerprint density at radius 1 is 1.21 bits per heavy atom. The number of aromatic nitrogens is 2.